The van der Waals surface area contributed by atoms with Crippen LogP contribution < -0.4 is 19.7 Å². The summed E-state index contributed by atoms with van der Waals surface area (Å²) >= 11 is 0. The molecule has 3 aliphatic heterocycles. The predicted octanol–water partition coefficient (Wildman–Crippen LogP) is 4.87. The lowest BCUT2D eigenvalue weighted by Crippen LogP contribution is -2.37. The monoisotopic (exact) mass is 470 g/mol. The fourth-order valence-electron chi connectivity index (χ4n) is 4.91. The number of fused-ring (bicyclic) bond motifs is 3. The van der Waals surface area contributed by atoms with Crippen molar-refractivity contribution in [3.05, 3.63) is 65.4 Å². The number of rotatable bonds is 2. The number of amides is 1. The molecule has 1 aromatic heterocycles. The molecule has 0 saturated carbocycles. The minimum atomic E-state index is -4.53. The van der Waals surface area contributed by atoms with Gasteiger partial charge in [0.05, 0.1) is 6.04 Å². The number of nitrogens with zero attached hydrogens (tertiary/aromatic N) is 3. The Morgan fingerprint density at radius 3 is 2.76 bits per heavy atom. The van der Waals surface area contributed by atoms with Crippen molar-refractivity contribution < 1.29 is 27.4 Å². The van der Waals surface area contributed by atoms with Crippen LogP contribution in [0.25, 0.3) is 0 Å². The first kappa shape index (κ1) is 20.9. The third-order valence-corrected chi connectivity index (χ3v) is 6.56. The van der Waals surface area contributed by atoms with E-state index in [0.29, 0.717) is 23.6 Å². The Morgan fingerprint density at radius 2 is 1.91 bits per heavy atom. The molecule has 3 aliphatic rings. The highest BCUT2D eigenvalue weighted by Crippen LogP contribution is 2.45. The Balaban J connectivity index is 1.34. The summed E-state index contributed by atoms with van der Waals surface area (Å²) < 4.78 is 53.8. The van der Waals surface area contributed by atoms with Crippen molar-refractivity contribution in [3.8, 4) is 11.5 Å². The molecule has 1 amide bonds. The summed E-state index contributed by atoms with van der Waals surface area (Å²) in [6.07, 6.45) is -3.16. The van der Waals surface area contributed by atoms with Gasteiger partial charge < -0.3 is 19.7 Å². The van der Waals surface area contributed by atoms with E-state index in [9.17, 15) is 18.0 Å². The Kier molecular flexibility index (Phi) is 4.72. The van der Waals surface area contributed by atoms with E-state index in [1.54, 1.807) is 23.1 Å². The van der Waals surface area contributed by atoms with Crippen LogP contribution in [0.15, 0.2) is 48.5 Å². The molecule has 6 rings (SSSR count). The number of hydrogen-bond donors (Lipinski definition) is 1. The van der Waals surface area contributed by atoms with Gasteiger partial charge in [0.2, 0.25) is 6.79 Å². The maximum Gasteiger partial charge on any atom is 0.410 e. The lowest BCUT2D eigenvalue weighted by atomic mass is 9.96. The topological polar surface area (TPSA) is 68.6 Å². The van der Waals surface area contributed by atoms with Gasteiger partial charge in [-0.05, 0) is 42.2 Å². The van der Waals surface area contributed by atoms with Gasteiger partial charge in [-0.2, -0.15) is 18.3 Å². The van der Waals surface area contributed by atoms with E-state index in [1.165, 1.54) is 6.07 Å². The second kappa shape index (κ2) is 7.68. The molecular formula is C24H21F3N4O3. The van der Waals surface area contributed by atoms with Crippen molar-refractivity contribution in [2.45, 2.75) is 37.5 Å². The number of para-hydroxylation sites is 1. The van der Waals surface area contributed by atoms with E-state index in [-0.39, 0.29) is 24.7 Å². The van der Waals surface area contributed by atoms with Crippen LogP contribution in [0.5, 0.6) is 11.5 Å². The average molecular weight is 470 g/mol. The number of alkyl halides is 3. The minimum Gasteiger partial charge on any atom is -0.454 e. The number of benzene rings is 2. The van der Waals surface area contributed by atoms with Gasteiger partial charge in [-0.1, -0.05) is 24.3 Å². The molecule has 4 heterocycles. The summed E-state index contributed by atoms with van der Waals surface area (Å²) in [6, 6.07) is 11.6. The fourth-order valence-corrected chi connectivity index (χ4v) is 4.91. The lowest BCUT2D eigenvalue weighted by molar-refractivity contribution is -0.173. The molecule has 3 aromatic rings. The lowest BCUT2D eigenvalue weighted by Gasteiger charge is -2.33. The molecule has 1 N–H and O–H groups in total. The first-order valence-electron chi connectivity index (χ1n) is 11.1. The molecule has 0 saturated heterocycles. The van der Waals surface area contributed by atoms with Gasteiger partial charge in [0.15, 0.2) is 23.2 Å². The first-order chi connectivity index (χ1) is 16.4. The Morgan fingerprint density at radius 1 is 1.09 bits per heavy atom. The Labute approximate surface area is 193 Å². The number of anilines is 2. The van der Waals surface area contributed by atoms with Crippen LogP contribution in [0.2, 0.25) is 0 Å². The molecule has 2 atom stereocenters. The molecule has 10 heteroatoms. The number of nitrogens with one attached hydrogen (secondary N) is 1. The Hall–Kier alpha value is -3.69. The maximum atomic E-state index is 14.1. The number of aromatic nitrogens is 2. The molecule has 7 nitrogen and oxygen atoms in total. The van der Waals surface area contributed by atoms with Crippen LogP contribution in [-0.4, -0.2) is 35.2 Å². The van der Waals surface area contributed by atoms with Gasteiger partial charge in [0, 0.05) is 24.7 Å². The highest BCUT2D eigenvalue weighted by atomic mass is 19.4. The van der Waals surface area contributed by atoms with Crippen LogP contribution in [0.1, 0.15) is 46.5 Å². The van der Waals surface area contributed by atoms with E-state index in [2.05, 4.69) is 10.4 Å². The number of ether oxygens (including phenoxy) is 2. The van der Waals surface area contributed by atoms with Gasteiger partial charge >= 0.3 is 6.18 Å². The molecule has 0 radical (unpaired) electrons. The van der Waals surface area contributed by atoms with Crippen molar-refractivity contribution in [2.24, 2.45) is 0 Å². The van der Waals surface area contributed by atoms with Gasteiger partial charge in [-0.15, -0.1) is 0 Å². The quantitative estimate of drug-likeness (QED) is 0.579. The van der Waals surface area contributed by atoms with Crippen molar-refractivity contribution in [1.82, 2.24) is 9.78 Å². The Bertz CT molecular complexity index is 1270. The van der Waals surface area contributed by atoms with Gasteiger partial charge in [0.1, 0.15) is 5.82 Å². The normalized spacial score (nSPS) is 21.0. The predicted molar refractivity (Wildman–Crippen MR) is 117 cm³/mol. The van der Waals surface area contributed by atoms with E-state index >= 15 is 0 Å². The molecule has 0 spiro atoms. The largest absolute Gasteiger partial charge is 0.454 e. The average Bonchev–Trinajstić information content (AvgIpc) is 3.48. The van der Waals surface area contributed by atoms with Crippen molar-refractivity contribution >= 4 is 17.4 Å². The third kappa shape index (κ3) is 3.44. The highest BCUT2D eigenvalue weighted by Gasteiger charge is 2.47. The van der Waals surface area contributed by atoms with Crippen LogP contribution in [-0.2, 0) is 6.42 Å². The molecular weight excluding hydrogens is 449 g/mol. The maximum absolute atomic E-state index is 14.1. The molecule has 0 fully saturated rings. The standard InChI is InChI=1S/C24H21F3N4O3/c25-24(26,27)21-11-16(15-7-8-19-20(10-15)34-13-33-19)28-22-12-17(29-31(21)22)23(32)30-9-3-5-14-4-1-2-6-18(14)30/h1-2,4,6-8,10,12,16,21,28H,3,5,9,11,13H2/t16-,21-/m1/s1. The van der Waals surface area contributed by atoms with Crippen LogP contribution in [0.3, 0.4) is 0 Å². The van der Waals surface area contributed by atoms with Crippen molar-refractivity contribution in [1.29, 1.82) is 0 Å². The van der Waals surface area contributed by atoms with E-state index in [4.69, 9.17) is 9.47 Å². The van der Waals surface area contributed by atoms with E-state index < -0.39 is 24.2 Å². The summed E-state index contributed by atoms with van der Waals surface area (Å²) in [6.45, 7) is 0.577. The summed E-state index contributed by atoms with van der Waals surface area (Å²) in [5.74, 6) is 0.814. The number of halogens is 3. The van der Waals surface area contributed by atoms with Crippen LogP contribution in [0, 0.1) is 0 Å². The van der Waals surface area contributed by atoms with Gasteiger partial charge in [0.25, 0.3) is 5.91 Å². The summed E-state index contributed by atoms with van der Waals surface area (Å²) in [5, 5.41) is 7.27. The van der Waals surface area contributed by atoms with E-state index in [0.717, 1.165) is 28.8 Å². The summed E-state index contributed by atoms with van der Waals surface area (Å²) in [5.41, 5.74) is 2.45. The highest BCUT2D eigenvalue weighted by molar-refractivity contribution is 6.06. The molecule has 176 valence electrons. The SMILES string of the molecule is O=C(c1cc2n(n1)[C@@H](C(F)(F)F)C[C@H](c1ccc3c(c1)OCO3)N2)N1CCCc2ccccc21. The van der Waals surface area contributed by atoms with Crippen molar-refractivity contribution in [3.63, 3.8) is 0 Å². The minimum absolute atomic E-state index is 0.0141. The van der Waals surface area contributed by atoms with Crippen LogP contribution in [0.4, 0.5) is 24.7 Å². The van der Waals surface area contributed by atoms with Gasteiger partial charge in [-0.3, -0.25) is 4.79 Å². The molecule has 34 heavy (non-hydrogen) atoms. The van der Waals surface area contributed by atoms with E-state index in [1.807, 2.05) is 24.3 Å². The molecule has 0 unspecified atom stereocenters. The van der Waals surface area contributed by atoms with Crippen LogP contribution >= 0.6 is 0 Å². The van der Waals surface area contributed by atoms with Crippen molar-refractivity contribution in [2.75, 3.05) is 23.6 Å². The number of carbonyl (C=O) groups is 1. The second-order valence-electron chi connectivity index (χ2n) is 8.65. The number of carbonyl (C=O) groups excluding carboxylic acids is 1. The zero-order valence-electron chi connectivity index (χ0n) is 18.0. The first-order valence-corrected chi connectivity index (χ1v) is 11.1. The third-order valence-electron chi connectivity index (χ3n) is 6.56. The smallest absolute Gasteiger partial charge is 0.410 e. The fraction of sp³-hybridized carbons (Fsp3) is 0.333. The van der Waals surface area contributed by atoms with Gasteiger partial charge in [-0.25, -0.2) is 4.68 Å². The molecule has 2 aromatic carbocycles. The molecule has 0 aliphatic carbocycles. The zero-order chi connectivity index (χ0) is 23.4. The zero-order valence-corrected chi connectivity index (χ0v) is 18.0. The summed E-state index contributed by atoms with van der Waals surface area (Å²) in [4.78, 5) is 14.9. The second-order valence-corrected chi connectivity index (χ2v) is 8.65. The molecule has 0 bridgehead atoms. The number of hydrogen-bond acceptors (Lipinski definition) is 5. The summed E-state index contributed by atoms with van der Waals surface area (Å²) in [7, 11) is 0. The number of aryl methyl sites for hydroxylation is 1.